The number of aromatic nitrogens is 3. The van der Waals surface area contributed by atoms with Gasteiger partial charge in [-0.05, 0) is 18.6 Å². The Balaban J connectivity index is 2.01. The van der Waals surface area contributed by atoms with Crippen molar-refractivity contribution in [3.8, 4) is 0 Å². The Morgan fingerprint density at radius 3 is 2.95 bits per heavy atom. The minimum Gasteiger partial charge on any atom is -0.323 e. The molecule has 3 aromatic rings. The number of rotatable bonds is 5. The van der Waals surface area contributed by atoms with Crippen molar-refractivity contribution >= 4 is 27.5 Å². The van der Waals surface area contributed by atoms with Crippen LogP contribution in [0.3, 0.4) is 0 Å². The van der Waals surface area contributed by atoms with Gasteiger partial charge in [-0.2, -0.15) is 0 Å². The Morgan fingerprint density at radius 2 is 2.20 bits per heavy atom. The van der Waals surface area contributed by atoms with Gasteiger partial charge in [0.1, 0.15) is 5.82 Å². The number of aryl methyl sites for hydroxylation is 1. The van der Waals surface area contributed by atoms with Crippen molar-refractivity contribution in [1.29, 1.82) is 0 Å². The molecular weight excluding hydrogens is 270 g/mol. The van der Waals surface area contributed by atoms with E-state index in [4.69, 9.17) is 10.8 Å². The van der Waals surface area contributed by atoms with E-state index in [1.54, 1.807) is 11.3 Å². The highest BCUT2D eigenvalue weighted by Gasteiger charge is 2.11. The van der Waals surface area contributed by atoms with E-state index in [0.29, 0.717) is 0 Å². The van der Waals surface area contributed by atoms with E-state index in [1.807, 2.05) is 12.3 Å². The van der Waals surface area contributed by atoms with E-state index >= 15 is 0 Å². The number of fused-ring (bicyclic) bond motifs is 1. The highest BCUT2D eigenvalue weighted by Crippen LogP contribution is 2.23. The maximum Gasteiger partial charge on any atom is 0.197 e. The predicted octanol–water partition coefficient (Wildman–Crippen LogP) is 2.78. The Morgan fingerprint density at radius 1 is 1.35 bits per heavy atom. The van der Waals surface area contributed by atoms with Gasteiger partial charge in [0.05, 0.1) is 17.6 Å². The van der Waals surface area contributed by atoms with Crippen LogP contribution >= 0.6 is 11.3 Å². The van der Waals surface area contributed by atoms with Crippen LogP contribution in [-0.4, -0.2) is 14.5 Å². The van der Waals surface area contributed by atoms with E-state index in [-0.39, 0.29) is 0 Å². The van der Waals surface area contributed by atoms with E-state index in [1.165, 1.54) is 10.4 Å². The molecule has 2 heterocycles. The molecule has 0 aliphatic rings. The molecule has 1 aromatic carbocycles. The van der Waals surface area contributed by atoms with Gasteiger partial charge in [0, 0.05) is 17.5 Å². The Bertz CT molecular complexity index is 715. The quantitative estimate of drug-likeness (QED) is 0.559. The van der Waals surface area contributed by atoms with Crippen molar-refractivity contribution < 1.29 is 0 Å². The number of hydrogen-bond donors (Lipinski definition) is 2. The third-order valence-electron chi connectivity index (χ3n) is 3.20. The van der Waals surface area contributed by atoms with Crippen LogP contribution in [0.4, 0.5) is 5.13 Å². The van der Waals surface area contributed by atoms with Crippen molar-refractivity contribution in [3.63, 3.8) is 0 Å². The summed E-state index contributed by atoms with van der Waals surface area (Å²) in [6, 6.07) is 8.25. The van der Waals surface area contributed by atoms with E-state index < -0.39 is 0 Å². The molecule has 3 N–H and O–H groups in total. The lowest BCUT2D eigenvalue weighted by Gasteiger charge is -2.06. The molecule has 0 unspecified atom stereocenters. The number of benzene rings is 1. The minimum absolute atomic E-state index is 0.737. The zero-order chi connectivity index (χ0) is 13.9. The van der Waals surface area contributed by atoms with Gasteiger partial charge in [-0.3, -0.25) is 5.43 Å². The standard InChI is InChI=1S/C14H17N5S/c1-2-5-13-17-11-6-3-4-7-12(11)19(13)9-10-8-16-14(18-15)20-10/h3-4,6-8H,2,5,9,15H2,1H3,(H,16,18). The van der Waals surface area contributed by atoms with Crippen LogP contribution in [0.1, 0.15) is 24.0 Å². The molecule has 0 fully saturated rings. The second kappa shape index (κ2) is 5.60. The summed E-state index contributed by atoms with van der Waals surface area (Å²) in [6.45, 7) is 2.96. The monoisotopic (exact) mass is 287 g/mol. The van der Waals surface area contributed by atoms with Crippen LogP contribution in [-0.2, 0) is 13.0 Å². The number of nitrogen functional groups attached to an aromatic ring is 1. The maximum absolute atomic E-state index is 5.38. The number of anilines is 1. The summed E-state index contributed by atoms with van der Waals surface area (Å²) >= 11 is 1.57. The second-order valence-electron chi connectivity index (χ2n) is 4.63. The highest BCUT2D eigenvalue weighted by atomic mass is 32.1. The Hall–Kier alpha value is -1.92. The summed E-state index contributed by atoms with van der Waals surface area (Å²) in [5, 5.41) is 0.737. The lowest BCUT2D eigenvalue weighted by Crippen LogP contribution is -2.05. The molecular formula is C14H17N5S. The molecule has 0 spiro atoms. The van der Waals surface area contributed by atoms with Crippen LogP contribution in [0.15, 0.2) is 30.5 Å². The fraction of sp³-hybridized carbons (Fsp3) is 0.286. The van der Waals surface area contributed by atoms with Crippen molar-refractivity contribution in [1.82, 2.24) is 14.5 Å². The minimum atomic E-state index is 0.737. The number of hydrogen-bond acceptors (Lipinski definition) is 5. The van der Waals surface area contributed by atoms with Gasteiger partial charge in [-0.25, -0.2) is 15.8 Å². The first-order chi connectivity index (χ1) is 9.81. The maximum atomic E-state index is 5.38. The van der Waals surface area contributed by atoms with E-state index in [2.05, 4.69) is 40.1 Å². The van der Waals surface area contributed by atoms with Crippen molar-refractivity contribution in [2.24, 2.45) is 5.84 Å². The molecule has 0 saturated carbocycles. The van der Waals surface area contributed by atoms with Crippen molar-refractivity contribution in [3.05, 3.63) is 41.2 Å². The lowest BCUT2D eigenvalue weighted by molar-refractivity contribution is 0.727. The van der Waals surface area contributed by atoms with Gasteiger partial charge in [0.2, 0.25) is 0 Å². The molecule has 3 rings (SSSR count). The summed E-state index contributed by atoms with van der Waals surface area (Å²) < 4.78 is 2.27. The smallest absolute Gasteiger partial charge is 0.197 e. The van der Waals surface area contributed by atoms with Crippen LogP contribution < -0.4 is 11.3 Å². The zero-order valence-corrected chi connectivity index (χ0v) is 12.2. The first kappa shape index (κ1) is 13.1. The number of nitrogens with two attached hydrogens (primary N) is 1. The number of nitrogens with one attached hydrogen (secondary N) is 1. The van der Waals surface area contributed by atoms with Gasteiger partial charge >= 0.3 is 0 Å². The van der Waals surface area contributed by atoms with Crippen LogP contribution in [0.25, 0.3) is 11.0 Å². The molecule has 104 valence electrons. The highest BCUT2D eigenvalue weighted by molar-refractivity contribution is 7.15. The molecule has 0 aliphatic heterocycles. The average molecular weight is 287 g/mol. The molecule has 0 atom stereocenters. The molecule has 20 heavy (non-hydrogen) atoms. The Kier molecular flexibility index (Phi) is 3.66. The fourth-order valence-corrected chi connectivity index (χ4v) is 3.03. The van der Waals surface area contributed by atoms with E-state index in [9.17, 15) is 0 Å². The van der Waals surface area contributed by atoms with Gasteiger partial charge in [0.25, 0.3) is 0 Å². The predicted molar refractivity (Wildman–Crippen MR) is 82.8 cm³/mol. The molecule has 0 radical (unpaired) electrons. The van der Waals surface area contributed by atoms with Gasteiger partial charge in [0.15, 0.2) is 5.13 Å². The first-order valence-corrected chi connectivity index (χ1v) is 7.49. The first-order valence-electron chi connectivity index (χ1n) is 6.67. The molecule has 6 heteroatoms. The topological polar surface area (TPSA) is 68.8 Å². The zero-order valence-electron chi connectivity index (χ0n) is 11.3. The van der Waals surface area contributed by atoms with Crippen molar-refractivity contribution in [2.75, 3.05) is 5.43 Å². The fourth-order valence-electron chi connectivity index (χ4n) is 2.32. The molecule has 0 saturated heterocycles. The van der Waals surface area contributed by atoms with Gasteiger partial charge in [-0.15, -0.1) is 0 Å². The molecule has 5 nitrogen and oxygen atoms in total. The number of para-hydroxylation sites is 2. The van der Waals surface area contributed by atoms with E-state index in [0.717, 1.165) is 35.9 Å². The largest absolute Gasteiger partial charge is 0.323 e. The second-order valence-corrected chi connectivity index (χ2v) is 5.74. The van der Waals surface area contributed by atoms with Crippen LogP contribution in [0.2, 0.25) is 0 Å². The van der Waals surface area contributed by atoms with Crippen molar-refractivity contribution in [2.45, 2.75) is 26.3 Å². The summed E-state index contributed by atoms with van der Waals surface area (Å²) in [5.74, 6) is 6.51. The number of thiazole rings is 1. The SMILES string of the molecule is CCCc1nc2ccccc2n1Cc1cnc(NN)s1. The third-order valence-corrected chi connectivity index (χ3v) is 4.11. The lowest BCUT2D eigenvalue weighted by atomic mass is 10.3. The molecule has 0 bridgehead atoms. The summed E-state index contributed by atoms with van der Waals surface area (Å²) in [5.41, 5.74) is 4.81. The van der Waals surface area contributed by atoms with Gasteiger partial charge < -0.3 is 4.57 Å². The Labute approximate surface area is 121 Å². The van der Waals surface area contributed by atoms with Crippen LogP contribution in [0.5, 0.6) is 0 Å². The number of hydrazine groups is 1. The summed E-state index contributed by atoms with van der Waals surface area (Å²) in [6.07, 6.45) is 3.93. The molecule has 2 aromatic heterocycles. The normalized spacial score (nSPS) is 11.1. The molecule has 0 amide bonds. The molecule has 0 aliphatic carbocycles. The number of nitrogens with zero attached hydrogens (tertiary/aromatic N) is 3. The van der Waals surface area contributed by atoms with Crippen LogP contribution in [0, 0.1) is 0 Å². The average Bonchev–Trinajstić information content (AvgIpc) is 3.05. The number of imidazole rings is 1. The third kappa shape index (κ3) is 2.39. The summed E-state index contributed by atoms with van der Waals surface area (Å²) in [7, 11) is 0. The summed E-state index contributed by atoms with van der Waals surface area (Å²) in [4.78, 5) is 10.1. The van der Waals surface area contributed by atoms with Gasteiger partial charge in [-0.1, -0.05) is 30.4 Å².